The fourth-order valence-electron chi connectivity index (χ4n) is 1.41. The Kier molecular flexibility index (Phi) is 4.71. The highest BCUT2D eigenvalue weighted by Crippen LogP contribution is 2.17. The molecule has 4 nitrogen and oxygen atoms in total. The monoisotopic (exact) mass is 211 g/mol. The van der Waals surface area contributed by atoms with Crippen molar-refractivity contribution >= 4 is 0 Å². The summed E-state index contributed by atoms with van der Waals surface area (Å²) in [5.41, 5.74) is 6.81. The molecule has 2 atom stereocenters. The van der Waals surface area contributed by atoms with Crippen molar-refractivity contribution in [2.24, 2.45) is 5.73 Å². The molecule has 4 heteroatoms. The molecule has 1 aromatic rings. The summed E-state index contributed by atoms with van der Waals surface area (Å²) in [5.74, 6) is 0. The topological polar surface area (TPSA) is 86.7 Å². The maximum absolute atomic E-state index is 9.69. The molecule has 0 radical (unpaired) electrons. The largest absolute Gasteiger partial charge is 0.396 e. The summed E-state index contributed by atoms with van der Waals surface area (Å²) in [6, 6.07) is 7.14. The fourth-order valence-corrected chi connectivity index (χ4v) is 1.41. The number of aliphatic hydroxyl groups excluding tert-OH is 3. The van der Waals surface area contributed by atoms with E-state index >= 15 is 0 Å². The number of hydrogen-bond donors (Lipinski definition) is 4. The molecule has 0 aliphatic heterocycles. The van der Waals surface area contributed by atoms with Crippen LogP contribution in [0.3, 0.4) is 0 Å². The van der Waals surface area contributed by atoms with Gasteiger partial charge in [0.25, 0.3) is 0 Å². The first-order chi connectivity index (χ1) is 7.19. The molecule has 1 aromatic carbocycles. The van der Waals surface area contributed by atoms with E-state index in [9.17, 15) is 10.2 Å². The van der Waals surface area contributed by atoms with Crippen LogP contribution < -0.4 is 5.73 Å². The van der Waals surface area contributed by atoms with Gasteiger partial charge >= 0.3 is 0 Å². The molecule has 0 fully saturated rings. The zero-order valence-corrected chi connectivity index (χ0v) is 8.50. The van der Waals surface area contributed by atoms with Gasteiger partial charge in [0, 0.05) is 13.2 Å². The van der Waals surface area contributed by atoms with Crippen LogP contribution in [-0.4, -0.2) is 34.6 Å². The van der Waals surface area contributed by atoms with Crippen LogP contribution in [0.5, 0.6) is 0 Å². The number of rotatable bonds is 5. The molecule has 0 saturated heterocycles. The van der Waals surface area contributed by atoms with Gasteiger partial charge in [-0.15, -0.1) is 0 Å². The molecule has 0 heterocycles. The number of nitrogens with two attached hydrogens (primary N) is 1. The van der Waals surface area contributed by atoms with Gasteiger partial charge in [0.1, 0.15) is 6.10 Å². The molecule has 1 rings (SSSR count). The lowest BCUT2D eigenvalue weighted by Crippen LogP contribution is -2.27. The van der Waals surface area contributed by atoms with Crippen molar-refractivity contribution in [2.75, 3.05) is 13.2 Å². The predicted molar refractivity (Wildman–Crippen MR) is 57.3 cm³/mol. The third-order valence-electron chi connectivity index (χ3n) is 2.30. The first-order valence-electron chi connectivity index (χ1n) is 4.95. The Labute approximate surface area is 89.0 Å². The number of benzene rings is 1. The molecule has 0 saturated carbocycles. The highest BCUT2D eigenvalue weighted by Gasteiger charge is 2.16. The first kappa shape index (κ1) is 12.1. The molecule has 84 valence electrons. The molecule has 0 amide bonds. The van der Waals surface area contributed by atoms with Crippen molar-refractivity contribution in [1.82, 2.24) is 0 Å². The number of aliphatic hydroxyl groups is 3. The van der Waals surface area contributed by atoms with Gasteiger partial charge < -0.3 is 21.1 Å². The lowest BCUT2D eigenvalue weighted by molar-refractivity contribution is 0.0243. The molecule has 15 heavy (non-hydrogen) atoms. The zero-order valence-electron chi connectivity index (χ0n) is 8.50. The molecule has 0 spiro atoms. The Balaban J connectivity index is 2.80. The lowest BCUT2D eigenvalue weighted by atomic mass is 10.0. The van der Waals surface area contributed by atoms with Crippen molar-refractivity contribution in [3.8, 4) is 0 Å². The van der Waals surface area contributed by atoms with Crippen molar-refractivity contribution in [2.45, 2.75) is 18.6 Å². The molecule has 0 aromatic heterocycles. The fraction of sp³-hybridized carbons (Fsp3) is 0.455. The van der Waals surface area contributed by atoms with E-state index < -0.39 is 12.2 Å². The highest BCUT2D eigenvalue weighted by molar-refractivity contribution is 5.26. The average molecular weight is 211 g/mol. The lowest BCUT2D eigenvalue weighted by Gasteiger charge is -2.16. The minimum Gasteiger partial charge on any atom is -0.396 e. The quantitative estimate of drug-likeness (QED) is 0.532. The maximum Gasteiger partial charge on any atom is 0.106 e. The second-order valence-electron chi connectivity index (χ2n) is 3.47. The van der Waals surface area contributed by atoms with E-state index in [-0.39, 0.29) is 13.2 Å². The highest BCUT2D eigenvalue weighted by atomic mass is 16.3. The predicted octanol–water partition coefficient (Wildman–Crippen LogP) is -0.426. The Bertz CT molecular complexity index is 304. The SMILES string of the molecule is NCC(O)C(O)c1cccc(CCO)c1. The van der Waals surface area contributed by atoms with Gasteiger partial charge in [-0.3, -0.25) is 0 Å². The second kappa shape index (κ2) is 5.82. The summed E-state index contributed by atoms with van der Waals surface area (Å²) in [6.45, 7) is 0.0877. The van der Waals surface area contributed by atoms with Crippen molar-refractivity contribution in [3.63, 3.8) is 0 Å². The van der Waals surface area contributed by atoms with Crippen LogP contribution in [0.1, 0.15) is 17.2 Å². The summed E-state index contributed by atoms with van der Waals surface area (Å²) in [5, 5.41) is 27.8. The second-order valence-corrected chi connectivity index (χ2v) is 3.47. The molecule has 0 aliphatic carbocycles. The van der Waals surface area contributed by atoms with Gasteiger partial charge in [0.2, 0.25) is 0 Å². The molecular formula is C11H17NO3. The molecule has 5 N–H and O–H groups in total. The molecule has 2 unspecified atom stereocenters. The van der Waals surface area contributed by atoms with E-state index in [1.165, 1.54) is 0 Å². The van der Waals surface area contributed by atoms with Crippen LogP contribution in [0.4, 0.5) is 0 Å². The summed E-state index contributed by atoms with van der Waals surface area (Å²) in [6.07, 6.45) is -1.37. The third kappa shape index (κ3) is 3.28. The van der Waals surface area contributed by atoms with E-state index in [0.717, 1.165) is 5.56 Å². The van der Waals surface area contributed by atoms with Crippen LogP contribution in [-0.2, 0) is 6.42 Å². The van der Waals surface area contributed by atoms with E-state index in [1.807, 2.05) is 6.07 Å². The van der Waals surface area contributed by atoms with Crippen molar-refractivity contribution in [3.05, 3.63) is 35.4 Å². The minimum absolute atomic E-state index is 0.0192. The summed E-state index contributed by atoms with van der Waals surface area (Å²) >= 11 is 0. The Hall–Kier alpha value is -0.940. The Morgan fingerprint density at radius 2 is 2.00 bits per heavy atom. The van der Waals surface area contributed by atoms with Gasteiger partial charge in [0.15, 0.2) is 0 Å². The van der Waals surface area contributed by atoms with Gasteiger partial charge in [-0.2, -0.15) is 0 Å². The van der Waals surface area contributed by atoms with Gasteiger partial charge in [-0.1, -0.05) is 24.3 Å². The Morgan fingerprint density at radius 3 is 2.60 bits per heavy atom. The summed E-state index contributed by atoms with van der Waals surface area (Å²) < 4.78 is 0. The molecular weight excluding hydrogens is 194 g/mol. The normalized spacial score (nSPS) is 14.9. The smallest absolute Gasteiger partial charge is 0.106 e. The number of hydrogen-bond acceptors (Lipinski definition) is 4. The average Bonchev–Trinajstić information content (AvgIpc) is 2.28. The third-order valence-corrected chi connectivity index (χ3v) is 2.30. The van der Waals surface area contributed by atoms with Gasteiger partial charge in [0.05, 0.1) is 6.10 Å². The van der Waals surface area contributed by atoms with E-state index in [0.29, 0.717) is 12.0 Å². The summed E-state index contributed by atoms with van der Waals surface area (Å²) in [4.78, 5) is 0. The van der Waals surface area contributed by atoms with E-state index in [4.69, 9.17) is 10.8 Å². The van der Waals surface area contributed by atoms with E-state index in [1.54, 1.807) is 18.2 Å². The Morgan fingerprint density at radius 1 is 1.27 bits per heavy atom. The molecule has 0 bridgehead atoms. The van der Waals surface area contributed by atoms with Crippen molar-refractivity contribution < 1.29 is 15.3 Å². The summed E-state index contributed by atoms with van der Waals surface area (Å²) in [7, 11) is 0. The van der Waals surface area contributed by atoms with E-state index in [2.05, 4.69) is 0 Å². The first-order valence-corrected chi connectivity index (χ1v) is 4.95. The van der Waals surface area contributed by atoms with Gasteiger partial charge in [-0.05, 0) is 17.5 Å². The van der Waals surface area contributed by atoms with Crippen LogP contribution in [0, 0.1) is 0 Å². The van der Waals surface area contributed by atoms with Crippen molar-refractivity contribution in [1.29, 1.82) is 0 Å². The van der Waals surface area contributed by atoms with Crippen LogP contribution >= 0.6 is 0 Å². The maximum atomic E-state index is 9.69. The van der Waals surface area contributed by atoms with Crippen LogP contribution in [0.25, 0.3) is 0 Å². The molecule has 0 aliphatic rings. The van der Waals surface area contributed by atoms with Crippen LogP contribution in [0.15, 0.2) is 24.3 Å². The standard InChI is InChI=1S/C11H17NO3/c12-7-10(14)11(15)9-3-1-2-8(6-9)4-5-13/h1-3,6,10-11,13-15H,4-5,7,12H2. The van der Waals surface area contributed by atoms with Crippen LogP contribution in [0.2, 0.25) is 0 Å². The van der Waals surface area contributed by atoms with Gasteiger partial charge in [-0.25, -0.2) is 0 Å². The zero-order chi connectivity index (χ0) is 11.3. The minimum atomic E-state index is -0.964.